The molecule has 82 valence electrons. The highest BCUT2D eigenvalue weighted by Gasteiger charge is 2.07. The van der Waals surface area contributed by atoms with Crippen molar-refractivity contribution in [2.24, 2.45) is 0 Å². The van der Waals surface area contributed by atoms with E-state index in [1.54, 1.807) is 6.07 Å². The maximum Gasteiger partial charge on any atom is 0.146 e. The third-order valence-electron chi connectivity index (χ3n) is 2.24. The van der Waals surface area contributed by atoms with Gasteiger partial charge in [0.2, 0.25) is 0 Å². The van der Waals surface area contributed by atoms with Gasteiger partial charge in [0, 0.05) is 10.6 Å². The summed E-state index contributed by atoms with van der Waals surface area (Å²) < 4.78 is 26.3. The Kier molecular flexibility index (Phi) is 2.79. The highest BCUT2D eigenvalue weighted by Crippen LogP contribution is 2.30. The molecule has 0 aliphatic carbocycles. The van der Waals surface area contributed by atoms with Crippen molar-refractivity contribution in [1.82, 2.24) is 0 Å². The lowest BCUT2D eigenvalue weighted by Gasteiger charge is -2.06. The Balaban J connectivity index is 2.58. The normalized spacial score (nSPS) is 10.4. The van der Waals surface area contributed by atoms with Crippen LogP contribution in [0, 0.1) is 11.6 Å². The van der Waals surface area contributed by atoms with Gasteiger partial charge < -0.3 is 5.73 Å². The third-order valence-corrected chi connectivity index (χ3v) is 2.57. The number of anilines is 1. The van der Waals surface area contributed by atoms with Crippen molar-refractivity contribution < 1.29 is 8.78 Å². The first-order valence-corrected chi connectivity index (χ1v) is 4.96. The molecule has 1 nitrogen and oxygen atoms in total. The van der Waals surface area contributed by atoms with Crippen LogP contribution in [0.5, 0.6) is 0 Å². The quantitative estimate of drug-likeness (QED) is 0.751. The average Bonchev–Trinajstić information content (AvgIpc) is 2.26. The minimum atomic E-state index is -0.544. The molecule has 2 aromatic rings. The molecule has 2 rings (SSSR count). The van der Waals surface area contributed by atoms with Gasteiger partial charge in [-0.3, -0.25) is 0 Å². The van der Waals surface area contributed by atoms with Gasteiger partial charge in [0.15, 0.2) is 0 Å². The Labute approximate surface area is 96.5 Å². The van der Waals surface area contributed by atoms with Gasteiger partial charge in [0.05, 0.1) is 5.69 Å². The Morgan fingerprint density at radius 2 is 1.75 bits per heavy atom. The number of hydrogen-bond acceptors (Lipinski definition) is 1. The molecule has 0 aliphatic heterocycles. The molecule has 0 heterocycles. The van der Waals surface area contributed by atoms with Crippen LogP contribution in [0.1, 0.15) is 0 Å². The molecule has 2 aromatic carbocycles. The van der Waals surface area contributed by atoms with Crippen LogP contribution in [0.3, 0.4) is 0 Å². The molecule has 0 saturated heterocycles. The van der Waals surface area contributed by atoms with Gasteiger partial charge in [-0.2, -0.15) is 0 Å². The van der Waals surface area contributed by atoms with Crippen LogP contribution in [0.25, 0.3) is 11.1 Å². The van der Waals surface area contributed by atoms with Crippen LogP contribution in [0.4, 0.5) is 14.5 Å². The Bertz CT molecular complexity index is 541. The lowest BCUT2D eigenvalue weighted by atomic mass is 10.0. The Hall–Kier alpha value is -1.61. The van der Waals surface area contributed by atoms with Gasteiger partial charge in [-0.05, 0) is 35.9 Å². The van der Waals surface area contributed by atoms with Crippen LogP contribution in [-0.2, 0) is 0 Å². The minimum Gasteiger partial charge on any atom is -0.396 e. The zero-order valence-corrected chi connectivity index (χ0v) is 8.93. The van der Waals surface area contributed by atoms with Crippen molar-refractivity contribution in [2.45, 2.75) is 0 Å². The summed E-state index contributed by atoms with van der Waals surface area (Å²) in [4.78, 5) is 0. The van der Waals surface area contributed by atoms with Crippen molar-refractivity contribution in [3.05, 3.63) is 53.1 Å². The second-order valence-electron chi connectivity index (χ2n) is 3.36. The van der Waals surface area contributed by atoms with Crippen molar-refractivity contribution in [3.8, 4) is 11.1 Å². The van der Waals surface area contributed by atoms with Crippen molar-refractivity contribution in [2.75, 3.05) is 5.73 Å². The van der Waals surface area contributed by atoms with Crippen LogP contribution in [-0.4, -0.2) is 0 Å². The summed E-state index contributed by atoms with van der Waals surface area (Å²) in [6.07, 6.45) is 0. The average molecular weight is 240 g/mol. The van der Waals surface area contributed by atoms with Gasteiger partial charge in [-0.15, -0.1) is 0 Å². The van der Waals surface area contributed by atoms with E-state index in [0.717, 1.165) is 0 Å². The van der Waals surface area contributed by atoms with Crippen molar-refractivity contribution in [3.63, 3.8) is 0 Å². The number of hydrogen-bond donors (Lipinski definition) is 1. The van der Waals surface area contributed by atoms with E-state index in [-0.39, 0.29) is 5.69 Å². The molecular formula is C12H8ClF2N. The molecule has 0 unspecified atom stereocenters. The first-order valence-electron chi connectivity index (χ1n) is 4.58. The SMILES string of the molecule is Nc1ccc(-c2cc(F)ccc2Cl)cc1F. The molecule has 16 heavy (non-hydrogen) atoms. The number of nitrogens with two attached hydrogens (primary N) is 1. The van der Waals surface area contributed by atoms with E-state index in [2.05, 4.69) is 0 Å². The predicted molar refractivity (Wildman–Crippen MR) is 61.2 cm³/mol. The van der Waals surface area contributed by atoms with Gasteiger partial charge in [-0.25, -0.2) is 8.78 Å². The monoisotopic (exact) mass is 239 g/mol. The minimum absolute atomic E-state index is 0.0521. The highest BCUT2D eigenvalue weighted by molar-refractivity contribution is 6.33. The summed E-state index contributed by atoms with van der Waals surface area (Å²) in [5, 5.41) is 0.366. The second-order valence-corrected chi connectivity index (χ2v) is 3.77. The molecule has 0 bridgehead atoms. The van der Waals surface area contributed by atoms with E-state index in [4.69, 9.17) is 17.3 Å². The molecule has 4 heteroatoms. The van der Waals surface area contributed by atoms with Gasteiger partial charge in [0.25, 0.3) is 0 Å². The lowest BCUT2D eigenvalue weighted by molar-refractivity contribution is 0.627. The molecule has 0 atom stereocenters. The smallest absolute Gasteiger partial charge is 0.146 e. The molecule has 2 N–H and O–H groups in total. The van der Waals surface area contributed by atoms with Crippen LogP contribution >= 0.6 is 11.6 Å². The number of nitrogen functional groups attached to an aromatic ring is 1. The summed E-state index contributed by atoms with van der Waals surface area (Å²) in [5.41, 5.74) is 6.35. The van der Waals surface area contributed by atoms with Crippen LogP contribution in [0.15, 0.2) is 36.4 Å². The van der Waals surface area contributed by atoms with E-state index in [1.165, 1.54) is 30.3 Å². The predicted octanol–water partition coefficient (Wildman–Crippen LogP) is 3.87. The van der Waals surface area contributed by atoms with Crippen molar-refractivity contribution in [1.29, 1.82) is 0 Å². The molecule has 0 spiro atoms. The molecule has 0 radical (unpaired) electrons. The fourth-order valence-electron chi connectivity index (χ4n) is 1.41. The zero-order chi connectivity index (χ0) is 11.7. The van der Waals surface area contributed by atoms with Crippen LogP contribution in [0.2, 0.25) is 5.02 Å². The topological polar surface area (TPSA) is 26.0 Å². The molecule has 0 saturated carbocycles. The van der Waals surface area contributed by atoms with Crippen molar-refractivity contribution >= 4 is 17.3 Å². The first kappa shape index (κ1) is 10.9. The van der Waals surface area contributed by atoms with E-state index in [0.29, 0.717) is 16.1 Å². The van der Waals surface area contributed by atoms with Crippen LogP contribution < -0.4 is 5.73 Å². The van der Waals surface area contributed by atoms with Gasteiger partial charge in [0.1, 0.15) is 11.6 Å². The lowest BCUT2D eigenvalue weighted by Crippen LogP contribution is -1.91. The van der Waals surface area contributed by atoms with E-state index in [9.17, 15) is 8.78 Å². The summed E-state index contributed by atoms with van der Waals surface area (Å²) in [5.74, 6) is -0.963. The number of rotatable bonds is 1. The fraction of sp³-hybridized carbons (Fsp3) is 0. The third kappa shape index (κ3) is 1.99. The highest BCUT2D eigenvalue weighted by atomic mass is 35.5. The summed E-state index contributed by atoms with van der Waals surface area (Å²) in [6.45, 7) is 0. The zero-order valence-electron chi connectivity index (χ0n) is 8.18. The van der Waals surface area contributed by atoms with E-state index in [1.807, 2.05) is 0 Å². The Morgan fingerprint density at radius 1 is 1.00 bits per heavy atom. The molecular weight excluding hydrogens is 232 g/mol. The first-order chi connectivity index (χ1) is 7.58. The van der Waals surface area contributed by atoms with E-state index >= 15 is 0 Å². The Morgan fingerprint density at radius 3 is 2.44 bits per heavy atom. The second kappa shape index (κ2) is 4.10. The molecule has 0 aromatic heterocycles. The maximum absolute atomic E-state index is 13.2. The molecule has 0 amide bonds. The molecule has 0 aliphatic rings. The summed E-state index contributed by atoms with van der Waals surface area (Å²) in [6, 6.07) is 8.19. The largest absolute Gasteiger partial charge is 0.396 e. The summed E-state index contributed by atoms with van der Waals surface area (Å²) >= 11 is 5.90. The van der Waals surface area contributed by atoms with Gasteiger partial charge in [-0.1, -0.05) is 17.7 Å². The maximum atomic E-state index is 13.2. The fourth-order valence-corrected chi connectivity index (χ4v) is 1.64. The standard InChI is InChI=1S/C12H8ClF2N/c13-10-3-2-8(14)6-9(10)7-1-4-12(16)11(15)5-7/h1-6H,16H2. The van der Waals surface area contributed by atoms with Gasteiger partial charge >= 0.3 is 0 Å². The number of halogens is 3. The molecule has 0 fully saturated rings. The number of benzene rings is 2. The summed E-state index contributed by atoms with van der Waals surface area (Å²) in [7, 11) is 0. The van der Waals surface area contributed by atoms with E-state index < -0.39 is 11.6 Å².